The van der Waals surface area contributed by atoms with Gasteiger partial charge in [0.2, 0.25) is 0 Å². The van der Waals surface area contributed by atoms with Crippen molar-refractivity contribution in [1.82, 2.24) is 5.32 Å². The highest BCUT2D eigenvalue weighted by atomic mass is 16.6. The van der Waals surface area contributed by atoms with Gasteiger partial charge in [-0.25, -0.2) is 9.59 Å². The van der Waals surface area contributed by atoms with Crippen molar-refractivity contribution in [3.8, 4) is 17.6 Å². The van der Waals surface area contributed by atoms with E-state index < -0.39 is 17.7 Å². The molecule has 0 aromatic heterocycles. The molecule has 124 valence electrons. The lowest BCUT2D eigenvalue weighted by atomic mass is 10.1. The predicted octanol–water partition coefficient (Wildman–Crippen LogP) is 2.45. The van der Waals surface area contributed by atoms with E-state index in [2.05, 4.69) is 21.9 Å². The van der Waals surface area contributed by atoms with Crippen LogP contribution in [-0.4, -0.2) is 36.4 Å². The molecule has 0 spiro atoms. The molecule has 23 heavy (non-hydrogen) atoms. The zero-order valence-electron chi connectivity index (χ0n) is 13.7. The third-order valence-corrected chi connectivity index (χ3v) is 2.56. The lowest BCUT2D eigenvalue weighted by Gasteiger charge is -2.19. The van der Waals surface area contributed by atoms with Gasteiger partial charge in [-0.1, -0.05) is 11.8 Å². The van der Waals surface area contributed by atoms with E-state index in [0.29, 0.717) is 18.5 Å². The second-order valence-corrected chi connectivity index (χ2v) is 5.70. The summed E-state index contributed by atoms with van der Waals surface area (Å²) in [4.78, 5) is 22.7. The Balaban J connectivity index is 2.51. The average molecular weight is 319 g/mol. The van der Waals surface area contributed by atoms with Crippen LogP contribution in [0.1, 0.15) is 43.1 Å². The molecule has 1 amide bonds. The van der Waals surface area contributed by atoms with Crippen molar-refractivity contribution in [3.63, 3.8) is 0 Å². The van der Waals surface area contributed by atoms with Crippen LogP contribution >= 0.6 is 0 Å². The molecule has 0 radical (unpaired) electrons. The fourth-order valence-electron chi connectivity index (χ4n) is 1.58. The molecule has 0 unspecified atom stereocenters. The Morgan fingerprint density at radius 2 is 2.00 bits per heavy atom. The van der Waals surface area contributed by atoms with E-state index in [9.17, 15) is 14.7 Å². The van der Waals surface area contributed by atoms with Crippen molar-refractivity contribution in [1.29, 1.82) is 0 Å². The molecule has 6 heteroatoms. The molecule has 0 saturated carbocycles. The van der Waals surface area contributed by atoms with Gasteiger partial charge >= 0.3 is 12.1 Å². The van der Waals surface area contributed by atoms with E-state index in [4.69, 9.17) is 4.74 Å². The molecule has 0 aliphatic rings. The Morgan fingerprint density at radius 1 is 1.30 bits per heavy atom. The second-order valence-electron chi connectivity index (χ2n) is 5.70. The minimum absolute atomic E-state index is 0.0968. The summed E-state index contributed by atoms with van der Waals surface area (Å²) >= 11 is 0. The number of hydrogen-bond acceptors (Lipinski definition) is 5. The highest BCUT2D eigenvalue weighted by Gasteiger charge is 2.15. The number of carbonyl (C=O) groups is 2. The Morgan fingerprint density at radius 3 is 2.57 bits per heavy atom. The van der Waals surface area contributed by atoms with Crippen molar-refractivity contribution >= 4 is 12.1 Å². The molecular formula is C17H21NO5. The molecular weight excluding hydrogens is 298 g/mol. The normalized spacial score (nSPS) is 10.3. The second kappa shape index (κ2) is 8.08. The molecule has 0 heterocycles. The number of nitrogens with one attached hydrogen (secondary N) is 1. The van der Waals surface area contributed by atoms with Crippen molar-refractivity contribution in [2.45, 2.75) is 32.8 Å². The maximum absolute atomic E-state index is 11.4. The van der Waals surface area contributed by atoms with Gasteiger partial charge in [0.1, 0.15) is 11.4 Å². The number of aromatic hydroxyl groups is 1. The molecule has 1 rings (SSSR count). The quantitative estimate of drug-likeness (QED) is 0.508. The van der Waals surface area contributed by atoms with Gasteiger partial charge in [0, 0.05) is 13.0 Å². The molecule has 0 atom stereocenters. The number of esters is 1. The van der Waals surface area contributed by atoms with Crippen molar-refractivity contribution in [2.24, 2.45) is 0 Å². The SMILES string of the molecule is COC(=O)c1ccc(C#CCCNC(=O)OC(C)(C)C)c(O)c1. The van der Waals surface area contributed by atoms with E-state index in [1.54, 1.807) is 20.8 Å². The predicted molar refractivity (Wildman–Crippen MR) is 85.2 cm³/mol. The average Bonchev–Trinajstić information content (AvgIpc) is 2.45. The first kappa shape index (κ1) is 18.4. The number of methoxy groups -OCH3 is 1. The van der Waals surface area contributed by atoms with Gasteiger partial charge in [-0.3, -0.25) is 0 Å². The molecule has 0 fully saturated rings. The summed E-state index contributed by atoms with van der Waals surface area (Å²) < 4.78 is 9.65. The summed E-state index contributed by atoms with van der Waals surface area (Å²) in [5, 5.41) is 12.4. The minimum atomic E-state index is -0.539. The first-order valence-corrected chi connectivity index (χ1v) is 7.10. The van der Waals surface area contributed by atoms with E-state index in [0.717, 1.165) is 0 Å². The lowest BCUT2D eigenvalue weighted by Crippen LogP contribution is -2.32. The van der Waals surface area contributed by atoms with Gasteiger partial charge in [-0.15, -0.1) is 0 Å². The first-order valence-electron chi connectivity index (χ1n) is 7.10. The summed E-state index contributed by atoms with van der Waals surface area (Å²) in [6.45, 7) is 5.69. The fourth-order valence-corrected chi connectivity index (χ4v) is 1.58. The van der Waals surface area contributed by atoms with Crippen molar-refractivity contribution in [3.05, 3.63) is 29.3 Å². The van der Waals surface area contributed by atoms with Crippen LogP contribution in [0.5, 0.6) is 5.75 Å². The van der Waals surface area contributed by atoms with E-state index in [1.165, 1.54) is 25.3 Å². The molecule has 1 aromatic rings. The number of ether oxygens (including phenoxy) is 2. The van der Waals surface area contributed by atoms with E-state index in [1.807, 2.05) is 0 Å². The Hall–Kier alpha value is -2.68. The van der Waals surface area contributed by atoms with Gasteiger partial charge in [0.15, 0.2) is 0 Å². The van der Waals surface area contributed by atoms with Crippen molar-refractivity contribution in [2.75, 3.05) is 13.7 Å². The number of amides is 1. The number of phenols is 1. The molecule has 2 N–H and O–H groups in total. The standard InChI is InChI=1S/C17H21NO5/c1-17(2,3)23-16(21)18-10-6-5-7-12-8-9-13(11-14(12)19)15(20)22-4/h8-9,11,19H,6,10H2,1-4H3,(H,18,21). The zero-order valence-corrected chi connectivity index (χ0v) is 13.7. The third-order valence-electron chi connectivity index (χ3n) is 2.56. The first-order chi connectivity index (χ1) is 10.7. The molecule has 1 aromatic carbocycles. The molecule has 0 saturated heterocycles. The number of hydrogen-bond donors (Lipinski definition) is 2. The van der Waals surface area contributed by atoms with E-state index in [-0.39, 0.29) is 11.3 Å². The Labute approximate surface area is 135 Å². The van der Waals surface area contributed by atoms with Gasteiger partial charge in [-0.05, 0) is 39.0 Å². The maximum Gasteiger partial charge on any atom is 0.407 e. The van der Waals surface area contributed by atoms with Gasteiger partial charge in [0.05, 0.1) is 18.2 Å². The van der Waals surface area contributed by atoms with Crippen LogP contribution in [0.2, 0.25) is 0 Å². The number of carbonyl (C=O) groups excluding carboxylic acids is 2. The summed E-state index contributed by atoms with van der Waals surface area (Å²) in [7, 11) is 1.27. The summed E-state index contributed by atoms with van der Waals surface area (Å²) in [5.41, 5.74) is 0.111. The zero-order chi connectivity index (χ0) is 17.5. The highest BCUT2D eigenvalue weighted by Crippen LogP contribution is 2.18. The lowest BCUT2D eigenvalue weighted by molar-refractivity contribution is 0.0527. The van der Waals surface area contributed by atoms with Crippen LogP contribution < -0.4 is 5.32 Å². The molecule has 0 aliphatic carbocycles. The van der Waals surface area contributed by atoms with Crippen LogP contribution in [0.4, 0.5) is 4.79 Å². The molecule has 0 aliphatic heterocycles. The number of benzene rings is 1. The van der Waals surface area contributed by atoms with Crippen LogP contribution in [0.15, 0.2) is 18.2 Å². The largest absolute Gasteiger partial charge is 0.507 e. The Bertz CT molecular complexity index is 635. The maximum atomic E-state index is 11.4. The third kappa shape index (κ3) is 6.74. The minimum Gasteiger partial charge on any atom is -0.507 e. The topological polar surface area (TPSA) is 84.9 Å². The number of phenolic OH excluding ortho intramolecular Hbond substituents is 1. The van der Waals surface area contributed by atoms with Crippen molar-refractivity contribution < 1.29 is 24.2 Å². The molecule has 6 nitrogen and oxygen atoms in total. The highest BCUT2D eigenvalue weighted by molar-refractivity contribution is 5.90. The number of rotatable bonds is 3. The smallest absolute Gasteiger partial charge is 0.407 e. The molecule has 0 bridgehead atoms. The van der Waals surface area contributed by atoms with Gasteiger partial charge < -0.3 is 19.9 Å². The summed E-state index contributed by atoms with van der Waals surface area (Å²) in [6.07, 6.45) is -0.0955. The van der Waals surface area contributed by atoms with E-state index >= 15 is 0 Å². The summed E-state index contributed by atoms with van der Waals surface area (Å²) in [6, 6.07) is 4.36. The van der Waals surface area contributed by atoms with Crippen LogP contribution in [0.25, 0.3) is 0 Å². The Kier molecular flexibility index (Phi) is 6.46. The van der Waals surface area contributed by atoms with Crippen LogP contribution in [0, 0.1) is 11.8 Å². The number of alkyl carbamates (subject to hydrolysis) is 1. The summed E-state index contributed by atoms with van der Waals surface area (Å²) in [5.74, 6) is 4.98. The van der Waals surface area contributed by atoms with Crippen LogP contribution in [0.3, 0.4) is 0 Å². The van der Waals surface area contributed by atoms with Crippen LogP contribution in [-0.2, 0) is 9.47 Å². The van der Waals surface area contributed by atoms with Gasteiger partial charge in [-0.2, -0.15) is 0 Å². The van der Waals surface area contributed by atoms with Gasteiger partial charge in [0.25, 0.3) is 0 Å². The fraction of sp³-hybridized carbons (Fsp3) is 0.412. The monoisotopic (exact) mass is 319 g/mol.